The van der Waals surface area contributed by atoms with E-state index in [4.69, 9.17) is 0 Å². The van der Waals surface area contributed by atoms with Crippen molar-refractivity contribution < 1.29 is 13.7 Å². The third-order valence-electron chi connectivity index (χ3n) is 2.09. The van der Waals surface area contributed by atoms with Crippen molar-refractivity contribution in [2.45, 2.75) is 6.42 Å². The minimum absolute atomic E-state index is 0.275. The van der Waals surface area contributed by atoms with Crippen LogP contribution in [0.2, 0.25) is 0 Å². The number of anilines is 1. The van der Waals surface area contributed by atoms with Crippen LogP contribution in [0.1, 0.15) is 16.9 Å². The number of aromatic nitrogens is 1. The Kier molecular flexibility index (Phi) is 5.62. The van der Waals surface area contributed by atoms with Crippen molar-refractivity contribution in [3.05, 3.63) is 24.0 Å². The van der Waals surface area contributed by atoms with E-state index in [1.165, 1.54) is 7.11 Å². The molecule has 17 heavy (non-hydrogen) atoms. The van der Waals surface area contributed by atoms with E-state index < -0.39 is 16.8 Å². The van der Waals surface area contributed by atoms with Crippen LogP contribution in [0.5, 0.6) is 0 Å². The Morgan fingerprint density at radius 3 is 3.00 bits per heavy atom. The molecule has 94 valence electrons. The van der Waals surface area contributed by atoms with Gasteiger partial charge in [-0.15, -0.1) is 0 Å². The number of carbonyl (C=O) groups excluding carboxylic acids is 1. The van der Waals surface area contributed by atoms with E-state index in [2.05, 4.69) is 15.0 Å². The molecule has 0 aliphatic carbocycles. The number of ether oxygens (including phenoxy) is 1. The van der Waals surface area contributed by atoms with Gasteiger partial charge in [0.25, 0.3) is 0 Å². The van der Waals surface area contributed by atoms with E-state index >= 15 is 0 Å². The maximum absolute atomic E-state index is 11.2. The van der Waals surface area contributed by atoms with Gasteiger partial charge in [-0.3, -0.25) is 4.21 Å². The molecule has 0 amide bonds. The first-order chi connectivity index (χ1) is 8.13. The van der Waals surface area contributed by atoms with Gasteiger partial charge in [-0.25, -0.2) is 9.78 Å². The highest BCUT2D eigenvalue weighted by atomic mass is 32.2. The molecule has 0 aliphatic heterocycles. The lowest BCUT2D eigenvalue weighted by molar-refractivity contribution is 0.0594. The highest BCUT2D eigenvalue weighted by molar-refractivity contribution is 7.84. The molecule has 0 saturated heterocycles. The van der Waals surface area contributed by atoms with E-state index in [0.717, 1.165) is 12.1 Å². The molecule has 1 aromatic heterocycles. The lowest BCUT2D eigenvalue weighted by Crippen LogP contribution is -2.08. The van der Waals surface area contributed by atoms with Crippen LogP contribution in [-0.2, 0) is 15.5 Å². The molecule has 0 spiro atoms. The molecule has 1 atom stereocenters. The molecular weight excluding hydrogens is 240 g/mol. The second-order valence-electron chi connectivity index (χ2n) is 3.48. The fraction of sp³-hybridized carbons (Fsp3) is 0.455. The van der Waals surface area contributed by atoms with Gasteiger partial charge in [0.05, 0.1) is 7.11 Å². The van der Waals surface area contributed by atoms with Crippen LogP contribution in [0.4, 0.5) is 5.69 Å². The third kappa shape index (κ3) is 4.95. The Labute approximate surface area is 103 Å². The number of rotatable bonds is 6. The summed E-state index contributed by atoms with van der Waals surface area (Å²) in [5, 5.41) is 3.14. The molecule has 6 heteroatoms. The van der Waals surface area contributed by atoms with Crippen LogP contribution >= 0.6 is 0 Å². The monoisotopic (exact) mass is 256 g/mol. The average Bonchev–Trinajstić information content (AvgIpc) is 2.34. The van der Waals surface area contributed by atoms with E-state index in [9.17, 15) is 9.00 Å². The smallest absolute Gasteiger partial charge is 0.356 e. The molecule has 0 fully saturated rings. The highest BCUT2D eigenvalue weighted by Crippen LogP contribution is 2.08. The molecule has 1 rings (SSSR count). The molecule has 0 aromatic carbocycles. The molecule has 1 heterocycles. The summed E-state index contributed by atoms with van der Waals surface area (Å²) in [5.41, 5.74) is 1.08. The van der Waals surface area contributed by atoms with Gasteiger partial charge in [-0.2, -0.15) is 0 Å². The van der Waals surface area contributed by atoms with Gasteiger partial charge >= 0.3 is 5.97 Å². The van der Waals surface area contributed by atoms with E-state index in [-0.39, 0.29) is 5.69 Å². The number of methoxy groups -OCH3 is 1. The van der Waals surface area contributed by atoms with Crippen molar-refractivity contribution in [3.8, 4) is 0 Å². The van der Waals surface area contributed by atoms with E-state index in [1.807, 2.05) is 0 Å². The number of pyridine rings is 1. The summed E-state index contributed by atoms with van der Waals surface area (Å²) < 4.78 is 15.4. The van der Waals surface area contributed by atoms with Crippen LogP contribution in [0.25, 0.3) is 0 Å². The number of hydrogen-bond donors (Lipinski definition) is 1. The van der Waals surface area contributed by atoms with Gasteiger partial charge in [0.1, 0.15) is 5.69 Å². The summed E-state index contributed by atoms with van der Waals surface area (Å²) in [6, 6.07) is 3.41. The van der Waals surface area contributed by atoms with Crippen LogP contribution in [0.3, 0.4) is 0 Å². The van der Waals surface area contributed by atoms with Crippen LogP contribution in [0.15, 0.2) is 18.3 Å². The molecule has 0 bridgehead atoms. The maximum Gasteiger partial charge on any atom is 0.356 e. The summed E-state index contributed by atoms with van der Waals surface area (Å²) in [4.78, 5) is 15.1. The van der Waals surface area contributed by atoms with Crippen molar-refractivity contribution in [1.82, 2.24) is 4.98 Å². The Hall–Kier alpha value is -1.43. The number of hydrogen-bond acceptors (Lipinski definition) is 5. The first-order valence-corrected chi connectivity index (χ1v) is 6.94. The van der Waals surface area contributed by atoms with Crippen molar-refractivity contribution in [1.29, 1.82) is 0 Å². The Bertz CT molecular complexity index is 409. The van der Waals surface area contributed by atoms with Gasteiger partial charge in [-0.05, 0) is 18.6 Å². The van der Waals surface area contributed by atoms with Crippen LogP contribution < -0.4 is 5.32 Å². The van der Waals surface area contributed by atoms with Crippen LogP contribution in [0, 0.1) is 0 Å². The summed E-state index contributed by atoms with van der Waals surface area (Å²) in [5.74, 6) is 0.213. The largest absolute Gasteiger partial charge is 0.464 e. The number of carbonyl (C=O) groups is 1. The van der Waals surface area contributed by atoms with Crippen LogP contribution in [-0.4, -0.2) is 40.8 Å². The van der Waals surface area contributed by atoms with Gasteiger partial charge in [0.2, 0.25) is 0 Å². The van der Waals surface area contributed by atoms with Gasteiger partial charge < -0.3 is 10.1 Å². The minimum Gasteiger partial charge on any atom is -0.464 e. The van der Waals surface area contributed by atoms with Crippen molar-refractivity contribution in [2.24, 2.45) is 0 Å². The topological polar surface area (TPSA) is 68.3 Å². The van der Waals surface area contributed by atoms with Crippen molar-refractivity contribution in [3.63, 3.8) is 0 Å². The lowest BCUT2D eigenvalue weighted by Gasteiger charge is -2.06. The summed E-state index contributed by atoms with van der Waals surface area (Å²) in [6.45, 7) is 0.713. The zero-order valence-corrected chi connectivity index (χ0v) is 10.8. The minimum atomic E-state index is -0.763. The predicted octanol–water partition coefficient (Wildman–Crippen LogP) is 1.05. The summed E-state index contributed by atoms with van der Waals surface area (Å²) in [6.07, 6.45) is 4.05. The second-order valence-corrected chi connectivity index (χ2v) is 5.03. The zero-order chi connectivity index (χ0) is 12.7. The predicted molar refractivity (Wildman–Crippen MR) is 67.6 cm³/mol. The van der Waals surface area contributed by atoms with E-state index in [0.29, 0.717) is 12.3 Å². The standard InChI is InChI=1S/C11H16N2O3S/c1-16-11(14)10-8-9(4-6-13-10)12-5-3-7-17(2)15/h4,6,8H,3,5,7H2,1-2H3,(H,12,13). The number of nitrogens with zero attached hydrogens (tertiary/aromatic N) is 1. The second kappa shape index (κ2) is 7.01. The Morgan fingerprint density at radius 1 is 1.59 bits per heavy atom. The van der Waals surface area contributed by atoms with Gasteiger partial charge in [0.15, 0.2) is 0 Å². The van der Waals surface area contributed by atoms with Crippen molar-refractivity contribution >= 4 is 22.5 Å². The van der Waals surface area contributed by atoms with Gasteiger partial charge in [-0.1, -0.05) is 0 Å². The molecule has 1 unspecified atom stereocenters. The molecular formula is C11H16N2O3S. The van der Waals surface area contributed by atoms with E-state index in [1.54, 1.807) is 24.6 Å². The molecule has 1 N–H and O–H groups in total. The number of esters is 1. The Morgan fingerprint density at radius 2 is 2.35 bits per heavy atom. The summed E-state index contributed by atoms with van der Waals surface area (Å²) >= 11 is 0. The molecule has 1 aromatic rings. The first kappa shape index (κ1) is 13.6. The molecule has 0 radical (unpaired) electrons. The highest BCUT2D eigenvalue weighted by Gasteiger charge is 2.06. The number of nitrogens with one attached hydrogen (secondary N) is 1. The quantitative estimate of drug-likeness (QED) is 0.608. The normalized spacial score (nSPS) is 11.9. The third-order valence-corrected chi connectivity index (χ3v) is 2.96. The molecule has 5 nitrogen and oxygen atoms in total. The molecule has 0 saturated carbocycles. The average molecular weight is 256 g/mol. The first-order valence-electron chi connectivity index (χ1n) is 5.21. The maximum atomic E-state index is 11.2. The fourth-order valence-electron chi connectivity index (χ4n) is 1.26. The fourth-order valence-corrected chi connectivity index (χ4v) is 1.82. The zero-order valence-electron chi connectivity index (χ0n) is 9.93. The Balaban J connectivity index is 2.48. The van der Waals surface area contributed by atoms with Crippen molar-refractivity contribution in [2.75, 3.05) is 31.0 Å². The SMILES string of the molecule is COC(=O)c1cc(NCCCS(C)=O)ccn1. The summed E-state index contributed by atoms with van der Waals surface area (Å²) in [7, 11) is 0.557. The lowest BCUT2D eigenvalue weighted by atomic mass is 10.3. The molecule has 0 aliphatic rings. The van der Waals surface area contributed by atoms with Gasteiger partial charge in [0, 0.05) is 41.2 Å².